The normalized spacial score (nSPS) is 21.9. The first-order valence-electron chi connectivity index (χ1n) is 9.71. The van der Waals surface area contributed by atoms with Gasteiger partial charge in [-0.3, -0.25) is 4.79 Å². The van der Waals surface area contributed by atoms with Gasteiger partial charge in [0.15, 0.2) is 0 Å². The zero-order valence-corrected chi connectivity index (χ0v) is 16.9. The Kier molecular flexibility index (Phi) is 5.63. The lowest BCUT2D eigenvalue weighted by Crippen LogP contribution is -2.54. The number of nitrogens with zero attached hydrogens (tertiary/aromatic N) is 1. The van der Waals surface area contributed by atoms with E-state index in [0.717, 1.165) is 31.2 Å². The summed E-state index contributed by atoms with van der Waals surface area (Å²) in [6.45, 7) is 5.95. The number of hydrogen-bond acceptors (Lipinski definition) is 5. The van der Waals surface area contributed by atoms with Crippen LogP contribution < -0.4 is 5.32 Å². The van der Waals surface area contributed by atoms with Crippen molar-refractivity contribution in [1.29, 1.82) is 0 Å². The van der Waals surface area contributed by atoms with Crippen molar-refractivity contribution in [2.75, 3.05) is 7.11 Å². The van der Waals surface area contributed by atoms with Crippen LogP contribution in [0.1, 0.15) is 72.7 Å². The van der Waals surface area contributed by atoms with Crippen LogP contribution in [0, 0.1) is 0 Å². The van der Waals surface area contributed by atoms with Crippen LogP contribution in [0.4, 0.5) is 4.79 Å². The summed E-state index contributed by atoms with van der Waals surface area (Å²) in [7, 11) is 1.32. The molecule has 2 amide bonds. The second-order valence-corrected chi connectivity index (χ2v) is 8.40. The van der Waals surface area contributed by atoms with E-state index in [1.54, 1.807) is 18.2 Å². The third-order valence-electron chi connectivity index (χ3n) is 5.19. The zero-order chi connectivity index (χ0) is 20.5. The van der Waals surface area contributed by atoms with Crippen LogP contribution in [0.3, 0.4) is 0 Å². The van der Waals surface area contributed by atoms with Gasteiger partial charge in [-0.15, -0.1) is 0 Å². The van der Waals surface area contributed by atoms with Gasteiger partial charge in [0.05, 0.1) is 24.8 Å². The van der Waals surface area contributed by atoms with Crippen molar-refractivity contribution in [3.8, 4) is 0 Å². The summed E-state index contributed by atoms with van der Waals surface area (Å²) in [5.41, 5.74) is 1.21. The first kappa shape index (κ1) is 20.2. The number of esters is 1. The Morgan fingerprint density at radius 2 is 1.89 bits per heavy atom. The highest BCUT2D eigenvalue weighted by atomic mass is 16.6. The van der Waals surface area contributed by atoms with Gasteiger partial charge in [0, 0.05) is 12.1 Å². The molecule has 0 saturated heterocycles. The molecule has 28 heavy (non-hydrogen) atoms. The SMILES string of the molecule is COC(=O)c1ccc2c(c1)C(=O)N([C@@H]1CCCC[C@H]1NC(=O)OC(C)(C)C)C2. The average molecular weight is 388 g/mol. The van der Waals surface area contributed by atoms with Gasteiger partial charge in [-0.1, -0.05) is 18.9 Å². The van der Waals surface area contributed by atoms with Crippen molar-refractivity contribution < 1.29 is 23.9 Å². The molecule has 0 aromatic heterocycles. The molecule has 1 aliphatic heterocycles. The number of nitrogens with one attached hydrogen (secondary N) is 1. The van der Waals surface area contributed by atoms with Gasteiger partial charge in [0.1, 0.15) is 5.60 Å². The zero-order valence-electron chi connectivity index (χ0n) is 16.9. The van der Waals surface area contributed by atoms with Crippen LogP contribution in [0.2, 0.25) is 0 Å². The van der Waals surface area contributed by atoms with Crippen molar-refractivity contribution in [3.05, 3.63) is 34.9 Å². The van der Waals surface area contributed by atoms with E-state index in [9.17, 15) is 14.4 Å². The summed E-state index contributed by atoms with van der Waals surface area (Å²) in [5, 5.41) is 2.96. The number of fused-ring (bicyclic) bond motifs is 1. The topological polar surface area (TPSA) is 84.9 Å². The monoisotopic (exact) mass is 388 g/mol. The first-order chi connectivity index (χ1) is 13.2. The predicted molar refractivity (Wildman–Crippen MR) is 103 cm³/mol. The van der Waals surface area contributed by atoms with E-state index in [4.69, 9.17) is 9.47 Å². The van der Waals surface area contributed by atoms with E-state index < -0.39 is 17.7 Å². The fourth-order valence-electron chi connectivity index (χ4n) is 3.95. The predicted octanol–water partition coefficient (Wildman–Crippen LogP) is 3.26. The van der Waals surface area contributed by atoms with Gasteiger partial charge in [0.2, 0.25) is 0 Å². The lowest BCUT2D eigenvalue weighted by Gasteiger charge is -2.38. The van der Waals surface area contributed by atoms with Crippen LogP contribution in [0.25, 0.3) is 0 Å². The van der Waals surface area contributed by atoms with E-state index in [1.807, 2.05) is 25.7 Å². The molecule has 1 saturated carbocycles. The molecule has 0 radical (unpaired) electrons. The number of benzene rings is 1. The van der Waals surface area contributed by atoms with Gasteiger partial charge >= 0.3 is 12.1 Å². The maximum atomic E-state index is 13.0. The summed E-state index contributed by atoms with van der Waals surface area (Å²) >= 11 is 0. The van der Waals surface area contributed by atoms with Gasteiger partial charge < -0.3 is 19.7 Å². The molecule has 3 rings (SSSR count). The van der Waals surface area contributed by atoms with E-state index in [1.165, 1.54) is 7.11 Å². The minimum atomic E-state index is -0.571. The number of ether oxygens (including phenoxy) is 2. The van der Waals surface area contributed by atoms with E-state index in [2.05, 4.69) is 5.32 Å². The van der Waals surface area contributed by atoms with Crippen LogP contribution >= 0.6 is 0 Å². The third-order valence-corrected chi connectivity index (χ3v) is 5.19. The van der Waals surface area contributed by atoms with E-state index in [0.29, 0.717) is 17.7 Å². The Hall–Kier alpha value is -2.57. The Morgan fingerprint density at radius 1 is 1.18 bits per heavy atom. The molecule has 1 aromatic rings. The summed E-state index contributed by atoms with van der Waals surface area (Å²) < 4.78 is 10.1. The molecular weight excluding hydrogens is 360 g/mol. The lowest BCUT2D eigenvalue weighted by molar-refractivity contribution is 0.0393. The van der Waals surface area contributed by atoms with Gasteiger partial charge in [-0.2, -0.15) is 0 Å². The van der Waals surface area contributed by atoms with Crippen molar-refractivity contribution >= 4 is 18.0 Å². The van der Waals surface area contributed by atoms with Crippen molar-refractivity contribution in [1.82, 2.24) is 10.2 Å². The molecule has 1 heterocycles. The maximum Gasteiger partial charge on any atom is 0.407 e. The highest BCUT2D eigenvalue weighted by molar-refractivity contribution is 6.01. The number of carbonyl (C=O) groups is 3. The molecule has 7 nitrogen and oxygen atoms in total. The standard InChI is InChI=1S/C21H28N2O5/c1-21(2,3)28-20(26)22-16-7-5-6-8-17(16)23-12-14-10-9-13(19(25)27-4)11-15(14)18(23)24/h9-11,16-17H,5-8,12H2,1-4H3,(H,22,26)/t16-,17-/m1/s1. The van der Waals surface area contributed by atoms with Crippen LogP contribution in [-0.2, 0) is 16.0 Å². The second kappa shape index (κ2) is 7.81. The molecule has 1 aromatic carbocycles. The summed E-state index contributed by atoms with van der Waals surface area (Å²) in [6.07, 6.45) is 3.17. The minimum Gasteiger partial charge on any atom is -0.465 e. The molecule has 152 valence electrons. The number of hydrogen-bond donors (Lipinski definition) is 1. The highest BCUT2D eigenvalue weighted by Crippen LogP contribution is 2.32. The van der Waals surface area contributed by atoms with Crippen LogP contribution in [0.5, 0.6) is 0 Å². The molecule has 2 aliphatic rings. The Balaban J connectivity index is 1.76. The molecule has 0 bridgehead atoms. The number of amides is 2. The first-order valence-corrected chi connectivity index (χ1v) is 9.71. The maximum absolute atomic E-state index is 13.0. The fourth-order valence-corrected chi connectivity index (χ4v) is 3.95. The number of methoxy groups -OCH3 is 1. The largest absolute Gasteiger partial charge is 0.465 e. The summed E-state index contributed by atoms with van der Waals surface area (Å²) in [6, 6.07) is 4.84. The average Bonchev–Trinajstić information content (AvgIpc) is 2.96. The molecule has 0 unspecified atom stereocenters. The van der Waals surface area contributed by atoms with Gasteiger partial charge in [-0.05, 0) is 51.3 Å². The molecule has 7 heteroatoms. The van der Waals surface area contributed by atoms with Crippen LogP contribution in [0.15, 0.2) is 18.2 Å². The third kappa shape index (κ3) is 4.29. The fraction of sp³-hybridized carbons (Fsp3) is 0.571. The van der Waals surface area contributed by atoms with E-state index >= 15 is 0 Å². The summed E-state index contributed by atoms with van der Waals surface area (Å²) in [5.74, 6) is -0.570. The number of carbonyl (C=O) groups excluding carboxylic acids is 3. The lowest BCUT2D eigenvalue weighted by atomic mass is 9.89. The minimum absolute atomic E-state index is 0.0947. The van der Waals surface area contributed by atoms with Crippen molar-refractivity contribution in [2.45, 2.75) is 70.7 Å². The number of alkyl carbamates (subject to hydrolysis) is 1. The van der Waals surface area contributed by atoms with E-state index in [-0.39, 0.29) is 18.0 Å². The Bertz CT molecular complexity index is 783. The highest BCUT2D eigenvalue weighted by Gasteiger charge is 2.39. The Morgan fingerprint density at radius 3 is 2.57 bits per heavy atom. The quantitative estimate of drug-likeness (QED) is 0.804. The molecule has 1 fully saturated rings. The smallest absolute Gasteiger partial charge is 0.407 e. The van der Waals surface area contributed by atoms with Gasteiger partial charge in [-0.25, -0.2) is 9.59 Å². The van der Waals surface area contributed by atoms with Crippen LogP contribution in [-0.4, -0.2) is 47.7 Å². The van der Waals surface area contributed by atoms with Crippen molar-refractivity contribution in [3.63, 3.8) is 0 Å². The second-order valence-electron chi connectivity index (χ2n) is 8.40. The van der Waals surface area contributed by atoms with Gasteiger partial charge in [0.25, 0.3) is 5.91 Å². The number of rotatable bonds is 3. The summed E-state index contributed by atoms with van der Waals surface area (Å²) in [4.78, 5) is 38.9. The Labute approximate surface area is 165 Å². The van der Waals surface area contributed by atoms with Crippen molar-refractivity contribution in [2.24, 2.45) is 0 Å². The molecule has 0 spiro atoms. The molecule has 2 atom stereocenters. The molecular formula is C21H28N2O5. The molecule has 1 N–H and O–H groups in total. The molecule has 1 aliphatic carbocycles.